The SMILES string of the molecule is Cc1nc2cc(C(C/C=C/I)O[Si](C)(C)C(C)(C)C)ccc2n1C. The van der Waals surface area contributed by atoms with Crippen LogP contribution in [0.2, 0.25) is 18.1 Å². The van der Waals surface area contributed by atoms with Gasteiger partial charge in [0, 0.05) is 7.05 Å². The summed E-state index contributed by atoms with van der Waals surface area (Å²) in [4.78, 5) is 4.68. The molecule has 24 heavy (non-hydrogen) atoms. The maximum Gasteiger partial charge on any atom is 0.192 e. The number of hydrogen-bond donors (Lipinski definition) is 0. The molecule has 5 heteroatoms. The quantitative estimate of drug-likeness (QED) is 0.391. The molecule has 2 aromatic rings. The lowest BCUT2D eigenvalue weighted by Crippen LogP contribution is -2.41. The standard InChI is InChI=1S/C19H29IN2OSi/c1-14-21-16-13-15(10-11-17(16)22(14)5)18(9-8-12-20)23-24(6,7)19(2,3)4/h8,10-13,18H,9H2,1-7H3/b12-8+. The van der Waals surface area contributed by atoms with Crippen LogP contribution in [-0.4, -0.2) is 17.9 Å². The molecule has 1 unspecified atom stereocenters. The molecular formula is C19H29IN2OSi. The smallest absolute Gasteiger partial charge is 0.192 e. The second-order valence-corrected chi connectivity index (χ2v) is 13.4. The molecule has 0 saturated heterocycles. The number of rotatable bonds is 5. The van der Waals surface area contributed by atoms with Crippen LogP contribution in [0, 0.1) is 6.92 Å². The minimum Gasteiger partial charge on any atom is -0.410 e. The molecule has 3 nitrogen and oxygen atoms in total. The van der Waals surface area contributed by atoms with E-state index in [1.165, 1.54) is 11.1 Å². The molecule has 1 aromatic carbocycles. The van der Waals surface area contributed by atoms with Gasteiger partial charge in [-0.25, -0.2) is 4.98 Å². The second-order valence-electron chi connectivity index (χ2n) is 7.93. The number of benzene rings is 1. The van der Waals surface area contributed by atoms with Gasteiger partial charge >= 0.3 is 0 Å². The summed E-state index contributed by atoms with van der Waals surface area (Å²) in [5.41, 5.74) is 3.45. The van der Waals surface area contributed by atoms with Crippen molar-refractivity contribution in [3.8, 4) is 0 Å². The van der Waals surface area contributed by atoms with E-state index in [0.717, 1.165) is 17.8 Å². The predicted molar refractivity (Wildman–Crippen MR) is 114 cm³/mol. The summed E-state index contributed by atoms with van der Waals surface area (Å²) in [5.74, 6) is 1.04. The van der Waals surface area contributed by atoms with Crippen LogP contribution in [0.25, 0.3) is 11.0 Å². The van der Waals surface area contributed by atoms with E-state index >= 15 is 0 Å². The van der Waals surface area contributed by atoms with Crippen LogP contribution in [0.1, 0.15) is 44.7 Å². The highest BCUT2D eigenvalue weighted by atomic mass is 127. The number of nitrogens with zero attached hydrogens (tertiary/aromatic N) is 2. The second kappa shape index (κ2) is 7.29. The van der Waals surface area contributed by atoms with Gasteiger partial charge in [-0.15, -0.1) is 0 Å². The summed E-state index contributed by atoms with van der Waals surface area (Å²) < 4.78 is 10.9. The first-order valence-electron chi connectivity index (χ1n) is 8.43. The van der Waals surface area contributed by atoms with Gasteiger partial charge < -0.3 is 8.99 Å². The van der Waals surface area contributed by atoms with Gasteiger partial charge in [0.05, 0.1) is 17.1 Å². The van der Waals surface area contributed by atoms with Gasteiger partial charge in [-0.1, -0.05) is 55.5 Å². The summed E-state index contributed by atoms with van der Waals surface area (Å²) >= 11 is 2.27. The van der Waals surface area contributed by atoms with Crippen LogP contribution >= 0.6 is 22.6 Å². The van der Waals surface area contributed by atoms with E-state index in [9.17, 15) is 0 Å². The van der Waals surface area contributed by atoms with Gasteiger partial charge in [0.2, 0.25) is 0 Å². The summed E-state index contributed by atoms with van der Waals surface area (Å²) in [5, 5.41) is 0.199. The largest absolute Gasteiger partial charge is 0.410 e. The van der Waals surface area contributed by atoms with Crippen molar-refractivity contribution in [3.05, 3.63) is 39.7 Å². The van der Waals surface area contributed by atoms with E-state index in [1.54, 1.807) is 0 Å². The van der Waals surface area contributed by atoms with Crippen LogP contribution in [0.5, 0.6) is 0 Å². The van der Waals surface area contributed by atoms with Crippen molar-refractivity contribution >= 4 is 41.9 Å². The van der Waals surface area contributed by atoms with Crippen LogP contribution in [-0.2, 0) is 11.5 Å². The summed E-state index contributed by atoms with van der Waals surface area (Å²) in [6.07, 6.45) is 3.17. The zero-order chi connectivity index (χ0) is 18.1. The lowest BCUT2D eigenvalue weighted by molar-refractivity contribution is 0.187. The normalized spacial score (nSPS) is 14.7. The molecule has 0 bridgehead atoms. The van der Waals surface area contributed by atoms with Crippen molar-refractivity contribution in [1.82, 2.24) is 9.55 Å². The van der Waals surface area contributed by atoms with Gasteiger partial charge in [-0.2, -0.15) is 0 Å². The van der Waals surface area contributed by atoms with Crippen molar-refractivity contribution in [3.63, 3.8) is 0 Å². The number of imidazole rings is 1. The highest BCUT2D eigenvalue weighted by Crippen LogP contribution is 2.41. The third kappa shape index (κ3) is 4.11. The van der Waals surface area contributed by atoms with Crippen LogP contribution in [0.3, 0.4) is 0 Å². The van der Waals surface area contributed by atoms with E-state index in [1.807, 2.05) is 6.92 Å². The van der Waals surface area contributed by atoms with E-state index in [0.29, 0.717) is 0 Å². The van der Waals surface area contributed by atoms with Crippen molar-refractivity contribution in [2.75, 3.05) is 0 Å². The Morgan fingerprint density at radius 1 is 1.33 bits per heavy atom. The van der Waals surface area contributed by atoms with Gasteiger partial charge in [0.1, 0.15) is 5.82 Å². The zero-order valence-electron chi connectivity index (χ0n) is 15.9. The molecule has 0 saturated carbocycles. The Labute approximate surface area is 160 Å². The minimum atomic E-state index is -1.84. The van der Waals surface area contributed by atoms with E-state index < -0.39 is 8.32 Å². The summed E-state index contributed by atoms with van der Waals surface area (Å²) in [6, 6.07) is 6.56. The van der Waals surface area contributed by atoms with Crippen molar-refractivity contribution in [2.45, 2.75) is 58.4 Å². The topological polar surface area (TPSA) is 27.1 Å². The number of aryl methyl sites for hydroxylation is 2. The first-order chi connectivity index (χ1) is 11.1. The Balaban J connectivity index is 2.40. The Bertz CT molecular complexity index is 744. The Kier molecular flexibility index (Phi) is 5.98. The molecular weight excluding hydrogens is 427 g/mol. The molecule has 1 atom stereocenters. The Hall–Kier alpha value is -0.663. The molecule has 0 radical (unpaired) electrons. The summed E-state index contributed by atoms with van der Waals surface area (Å²) in [7, 11) is 0.226. The molecule has 0 fully saturated rings. The van der Waals surface area contributed by atoms with Gasteiger partial charge in [-0.3, -0.25) is 0 Å². The molecule has 0 amide bonds. The molecule has 0 spiro atoms. The van der Waals surface area contributed by atoms with E-state index in [4.69, 9.17) is 4.43 Å². The van der Waals surface area contributed by atoms with Gasteiger partial charge in [-0.05, 0) is 53.3 Å². The van der Waals surface area contributed by atoms with Gasteiger partial charge in [0.15, 0.2) is 8.32 Å². The maximum atomic E-state index is 6.73. The number of halogens is 1. The maximum absolute atomic E-state index is 6.73. The average Bonchev–Trinajstić information content (AvgIpc) is 2.76. The first-order valence-corrected chi connectivity index (χ1v) is 12.6. The van der Waals surface area contributed by atoms with Crippen molar-refractivity contribution in [1.29, 1.82) is 0 Å². The number of aromatic nitrogens is 2. The first kappa shape index (κ1) is 19.7. The monoisotopic (exact) mass is 456 g/mol. The van der Waals surface area contributed by atoms with Crippen molar-refractivity contribution < 1.29 is 4.43 Å². The third-order valence-corrected chi connectivity index (χ3v) is 10.2. The Morgan fingerprint density at radius 3 is 2.58 bits per heavy atom. The number of fused-ring (bicyclic) bond motifs is 1. The lowest BCUT2D eigenvalue weighted by Gasteiger charge is -2.39. The lowest BCUT2D eigenvalue weighted by atomic mass is 10.1. The van der Waals surface area contributed by atoms with Gasteiger partial charge in [0.25, 0.3) is 0 Å². The summed E-state index contributed by atoms with van der Waals surface area (Å²) in [6.45, 7) is 13.5. The third-order valence-electron chi connectivity index (χ3n) is 5.18. The molecule has 0 aliphatic rings. The Morgan fingerprint density at radius 2 is 2.00 bits per heavy atom. The minimum absolute atomic E-state index is 0.0867. The fourth-order valence-corrected chi connectivity index (χ4v) is 4.09. The number of hydrogen-bond acceptors (Lipinski definition) is 2. The van der Waals surface area contributed by atoms with Crippen LogP contribution in [0.15, 0.2) is 28.4 Å². The molecule has 1 aromatic heterocycles. The van der Waals surface area contributed by atoms with Crippen LogP contribution < -0.4 is 0 Å². The molecule has 0 aliphatic heterocycles. The van der Waals surface area contributed by atoms with E-state index in [2.05, 4.69) is 101 Å². The molecule has 0 N–H and O–H groups in total. The molecule has 0 aliphatic carbocycles. The van der Waals surface area contributed by atoms with Crippen LogP contribution in [0.4, 0.5) is 0 Å². The molecule has 2 rings (SSSR count). The highest BCUT2D eigenvalue weighted by Gasteiger charge is 2.39. The predicted octanol–water partition coefficient (Wildman–Crippen LogP) is 6.28. The zero-order valence-corrected chi connectivity index (χ0v) is 19.0. The molecule has 132 valence electrons. The fourth-order valence-electron chi connectivity index (χ4n) is 2.50. The fraction of sp³-hybridized carbons (Fsp3) is 0.526. The highest BCUT2D eigenvalue weighted by molar-refractivity contribution is 14.1. The average molecular weight is 456 g/mol. The van der Waals surface area contributed by atoms with Crippen molar-refractivity contribution in [2.24, 2.45) is 7.05 Å². The molecule has 1 heterocycles. The van der Waals surface area contributed by atoms with E-state index in [-0.39, 0.29) is 11.1 Å².